The Morgan fingerprint density at radius 1 is 1.64 bits per heavy atom. The molecule has 2 atom stereocenters. The SMILES string of the molecule is C=COCCCNC1CCCSC1C. The van der Waals surface area contributed by atoms with Crippen molar-refractivity contribution >= 4 is 11.8 Å². The van der Waals surface area contributed by atoms with Gasteiger partial charge < -0.3 is 10.1 Å². The van der Waals surface area contributed by atoms with Gasteiger partial charge >= 0.3 is 0 Å². The molecule has 1 rings (SSSR count). The molecule has 0 aliphatic carbocycles. The molecule has 1 aliphatic rings. The first-order valence-electron chi connectivity index (χ1n) is 5.42. The van der Waals surface area contributed by atoms with Gasteiger partial charge in [-0.15, -0.1) is 0 Å². The summed E-state index contributed by atoms with van der Waals surface area (Å²) in [6, 6.07) is 0.706. The minimum atomic E-state index is 0.706. The summed E-state index contributed by atoms with van der Waals surface area (Å²) in [5.41, 5.74) is 0. The average Bonchev–Trinajstić information content (AvgIpc) is 2.20. The molecule has 14 heavy (non-hydrogen) atoms. The predicted octanol–water partition coefficient (Wildman–Crippen LogP) is 2.41. The van der Waals surface area contributed by atoms with E-state index in [-0.39, 0.29) is 0 Å². The summed E-state index contributed by atoms with van der Waals surface area (Å²) in [7, 11) is 0. The molecular weight excluding hydrogens is 194 g/mol. The van der Waals surface area contributed by atoms with E-state index in [0.717, 1.165) is 24.8 Å². The molecule has 0 amide bonds. The van der Waals surface area contributed by atoms with Crippen molar-refractivity contribution in [3.05, 3.63) is 12.8 Å². The Labute approximate surface area is 91.5 Å². The maximum atomic E-state index is 5.07. The summed E-state index contributed by atoms with van der Waals surface area (Å²) in [6.07, 6.45) is 5.27. The van der Waals surface area contributed by atoms with Gasteiger partial charge in [-0.1, -0.05) is 13.5 Å². The standard InChI is InChI=1S/C11H21NOS/c1-3-13-8-5-7-12-11-6-4-9-14-10(11)2/h3,10-12H,1,4-9H2,2H3. The maximum Gasteiger partial charge on any atom is 0.0885 e. The molecule has 0 saturated carbocycles. The lowest BCUT2D eigenvalue weighted by molar-refractivity contribution is 0.242. The Balaban J connectivity index is 2.01. The Morgan fingerprint density at radius 3 is 3.21 bits per heavy atom. The van der Waals surface area contributed by atoms with Crippen molar-refractivity contribution in [1.82, 2.24) is 5.32 Å². The summed E-state index contributed by atoms with van der Waals surface area (Å²) in [4.78, 5) is 0. The second-order valence-corrected chi connectivity index (χ2v) is 5.15. The molecule has 1 saturated heterocycles. The van der Waals surface area contributed by atoms with Crippen LogP contribution in [0.3, 0.4) is 0 Å². The third-order valence-corrected chi connectivity index (χ3v) is 3.95. The van der Waals surface area contributed by atoms with E-state index in [0.29, 0.717) is 6.04 Å². The van der Waals surface area contributed by atoms with Crippen molar-refractivity contribution in [2.75, 3.05) is 18.9 Å². The molecule has 0 bridgehead atoms. The topological polar surface area (TPSA) is 21.3 Å². The molecule has 1 fully saturated rings. The van der Waals surface area contributed by atoms with Gasteiger partial charge in [0.05, 0.1) is 12.9 Å². The van der Waals surface area contributed by atoms with Crippen LogP contribution in [0.4, 0.5) is 0 Å². The molecule has 3 heteroatoms. The molecule has 1 N–H and O–H groups in total. The average molecular weight is 215 g/mol. The zero-order chi connectivity index (χ0) is 10.2. The van der Waals surface area contributed by atoms with E-state index in [1.807, 2.05) is 0 Å². The second-order valence-electron chi connectivity index (χ2n) is 3.67. The van der Waals surface area contributed by atoms with Crippen molar-refractivity contribution in [2.45, 2.75) is 37.5 Å². The minimum absolute atomic E-state index is 0.706. The number of rotatable bonds is 6. The third kappa shape index (κ3) is 4.38. The van der Waals surface area contributed by atoms with Crippen molar-refractivity contribution in [3.8, 4) is 0 Å². The fraction of sp³-hybridized carbons (Fsp3) is 0.818. The zero-order valence-electron chi connectivity index (χ0n) is 9.00. The lowest BCUT2D eigenvalue weighted by atomic mass is 10.1. The van der Waals surface area contributed by atoms with Crippen LogP contribution in [0.15, 0.2) is 12.8 Å². The van der Waals surface area contributed by atoms with Crippen LogP contribution < -0.4 is 5.32 Å². The van der Waals surface area contributed by atoms with Crippen LogP contribution in [0.2, 0.25) is 0 Å². The van der Waals surface area contributed by atoms with E-state index in [1.54, 1.807) is 0 Å². The highest BCUT2D eigenvalue weighted by Crippen LogP contribution is 2.24. The normalized spacial score (nSPS) is 27.2. The highest BCUT2D eigenvalue weighted by atomic mass is 32.2. The summed E-state index contributed by atoms with van der Waals surface area (Å²) in [6.45, 7) is 7.68. The van der Waals surface area contributed by atoms with E-state index >= 15 is 0 Å². The van der Waals surface area contributed by atoms with Crippen molar-refractivity contribution < 1.29 is 4.74 Å². The summed E-state index contributed by atoms with van der Waals surface area (Å²) < 4.78 is 5.07. The Morgan fingerprint density at radius 2 is 2.50 bits per heavy atom. The number of hydrogen-bond acceptors (Lipinski definition) is 3. The van der Waals surface area contributed by atoms with Gasteiger partial charge in [-0.3, -0.25) is 0 Å². The Bertz CT molecular complexity index is 163. The van der Waals surface area contributed by atoms with Crippen molar-refractivity contribution in [2.24, 2.45) is 0 Å². The molecule has 2 unspecified atom stereocenters. The largest absolute Gasteiger partial charge is 0.502 e. The van der Waals surface area contributed by atoms with E-state index in [4.69, 9.17) is 4.74 Å². The molecule has 2 nitrogen and oxygen atoms in total. The van der Waals surface area contributed by atoms with Gasteiger partial charge in [0.15, 0.2) is 0 Å². The molecule has 0 aromatic heterocycles. The van der Waals surface area contributed by atoms with E-state index in [1.165, 1.54) is 24.9 Å². The summed E-state index contributed by atoms with van der Waals surface area (Å²) >= 11 is 2.08. The van der Waals surface area contributed by atoms with E-state index in [2.05, 4.69) is 30.6 Å². The quantitative estimate of drug-likeness (QED) is 0.543. The van der Waals surface area contributed by atoms with Crippen molar-refractivity contribution in [3.63, 3.8) is 0 Å². The van der Waals surface area contributed by atoms with Gasteiger partial charge in [0.2, 0.25) is 0 Å². The minimum Gasteiger partial charge on any atom is -0.502 e. The summed E-state index contributed by atoms with van der Waals surface area (Å²) in [5.74, 6) is 1.33. The fourth-order valence-corrected chi connectivity index (χ4v) is 2.89. The van der Waals surface area contributed by atoms with Gasteiger partial charge in [-0.25, -0.2) is 0 Å². The van der Waals surface area contributed by atoms with Crippen LogP contribution in [-0.4, -0.2) is 30.2 Å². The van der Waals surface area contributed by atoms with Gasteiger partial charge in [-0.05, 0) is 31.6 Å². The fourth-order valence-electron chi connectivity index (χ4n) is 1.72. The zero-order valence-corrected chi connectivity index (χ0v) is 9.81. The van der Waals surface area contributed by atoms with E-state index < -0.39 is 0 Å². The van der Waals surface area contributed by atoms with Gasteiger partial charge in [-0.2, -0.15) is 11.8 Å². The molecule has 0 spiro atoms. The Hall–Kier alpha value is -0.150. The number of hydrogen-bond donors (Lipinski definition) is 1. The van der Waals surface area contributed by atoms with Crippen LogP contribution in [0, 0.1) is 0 Å². The van der Waals surface area contributed by atoms with Crippen LogP contribution in [0.25, 0.3) is 0 Å². The molecular formula is C11H21NOS. The first-order valence-corrected chi connectivity index (χ1v) is 6.47. The predicted molar refractivity (Wildman–Crippen MR) is 63.7 cm³/mol. The first kappa shape index (κ1) is 11.9. The van der Waals surface area contributed by atoms with Crippen LogP contribution in [0.1, 0.15) is 26.2 Å². The molecule has 1 heterocycles. The monoisotopic (exact) mass is 215 g/mol. The second kappa shape index (κ2) is 7.18. The lowest BCUT2D eigenvalue weighted by Gasteiger charge is -2.29. The van der Waals surface area contributed by atoms with Gasteiger partial charge in [0, 0.05) is 11.3 Å². The molecule has 1 aliphatic heterocycles. The van der Waals surface area contributed by atoms with Crippen LogP contribution in [0.5, 0.6) is 0 Å². The summed E-state index contributed by atoms with van der Waals surface area (Å²) in [5, 5.41) is 4.36. The first-order chi connectivity index (χ1) is 6.84. The number of ether oxygens (including phenoxy) is 1. The van der Waals surface area contributed by atoms with Crippen LogP contribution in [-0.2, 0) is 4.74 Å². The molecule has 0 radical (unpaired) electrons. The van der Waals surface area contributed by atoms with Gasteiger partial charge in [0.25, 0.3) is 0 Å². The van der Waals surface area contributed by atoms with Crippen molar-refractivity contribution in [1.29, 1.82) is 0 Å². The smallest absolute Gasteiger partial charge is 0.0885 e. The van der Waals surface area contributed by atoms with Crippen LogP contribution >= 0.6 is 11.8 Å². The highest BCUT2D eigenvalue weighted by Gasteiger charge is 2.20. The lowest BCUT2D eigenvalue weighted by Crippen LogP contribution is -2.39. The molecule has 0 aromatic rings. The maximum absolute atomic E-state index is 5.07. The van der Waals surface area contributed by atoms with Gasteiger partial charge in [0.1, 0.15) is 0 Å². The van der Waals surface area contributed by atoms with E-state index in [9.17, 15) is 0 Å². The molecule has 82 valence electrons. The highest BCUT2D eigenvalue weighted by molar-refractivity contribution is 7.99. The number of thioether (sulfide) groups is 1. The molecule has 0 aromatic carbocycles. The Kier molecular flexibility index (Phi) is 6.12. The third-order valence-electron chi connectivity index (χ3n) is 2.57. The number of nitrogens with one attached hydrogen (secondary N) is 1.